The number of rotatable bonds is 2. The van der Waals surface area contributed by atoms with Crippen molar-refractivity contribution in [3.8, 4) is 11.3 Å². The van der Waals surface area contributed by atoms with Crippen LogP contribution in [0, 0.1) is 11.3 Å². The monoisotopic (exact) mass is 335 g/mol. The molecule has 0 bridgehead atoms. The van der Waals surface area contributed by atoms with E-state index in [9.17, 15) is 19.8 Å². The van der Waals surface area contributed by atoms with Crippen LogP contribution in [0.1, 0.15) is 13.2 Å². The summed E-state index contributed by atoms with van der Waals surface area (Å²) in [5.41, 5.74) is -1.60. The van der Waals surface area contributed by atoms with Crippen LogP contribution in [0.25, 0.3) is 0 Å². The number of alkyl halides is 1. The molecule has 0 radical (unpaired) electrons. The molecule has 2 heterocycles. The molecule has 1 aliphatic heterocycles. The van der Waals surface area contributed by atoms with E-state index in [0.29, 0.717) is 0 Å². The van der Waals surface area contributed by atoms with E-state index < -0.39 is 40.7 Å². The molecule has 2 rings (SSSR count). The number of aliphatic hydroxyl groups is 2. The first-order chi connectivity index (χ1) is 9.81. The third-order valence-corrected chi connectivity index (χ3v) is 3.66. The number of H-pyrrole nitrogens is 1. The van der Waals surface area contributed by atoms with Crippen molar-refractivity contribution >= 4 is 23.2 Å². The molecule has 1 aliphatic rings. The molecule has 8 nitrogen and oxygen atoms in total. The number of aromatic nitrogens is 3. The van der Waals surface area contributed by atoms with Gasteiger partial charge in [0.25, 0.3) is 5.56 Å². The smallest absolute Gasteiger partial charge is 0.347 e. The van der Waals surface area contributed by atoms with Crippen LogP contribution in [0.3, 0.4) is 0 Å². The highest BCUT2D eigenvalue weighted by atomic mass is 35.5. The molecule has 3 N–H and O–H groups in total. The van der Waals surface area contributed by atoms with Gasteiger partial charge in [-0.2, -0.15) is 9.78 Å². The SMILES string of the molecule is C[C@@H](O)[C@H]1O[C@@H](n2ncc(=O)[nH]c2=O)[C@@](Cl)(C#CCl)C1O. The van der Waals surface area contributed by atoms with E-state index in [1.165, 1.54) is 6.92 Å². The summed E-state index contributed by atoms with van der Waals surface area (Å²) in [6.45, 7) is 1.38. The zero-order valence-electron chi connectivity index (χ0n) is 10.7. The first-order valence-corrected chi connectivity index (χ1v) is 6.58. The molecule has 0 aromatic carbocycles. The Bertz CT molecular complexity index is 706. The van der Waals surface area contributed by atoms with E-state index >= 15 is 0 Å². The average Bonchev–Trinajstić information content (AvgIpc) is 2.64. The number of hydrogen-bond donors (Lipinski definition) is 3. The minimum atomic E-state index is -1.81. The van der Waals surface area contributed by atoms with Crippen LogP contribution in [0.4, 0.5) is 0 Å². The summed E-state index contributed by atoms with van der Waals surface area (Å²) in [6.07, 6.45) is -4.12. The molecule has 1 fully saturated rings. The van der Waals surface area contributed by atoms with Gasteiger partial charge in [0, 0.05) is 5.38 Å². The lowest BCUT2D eigenvalue weighted by atomic mass is 9.97. The summed E-state index contributed by atoms with van der Waals surface area (Å²) in [5.74, 6) is 2.35. The minimum Gasteiger partial charge on any atom is -0.391 e. The Morgan fingerprint density at radius 2 is 2.29 bits per heavy atom. The molecule has 21 heavy (non-hydrogen) atoms. The van der Waals surface area contributed by atoms with Gasteiger partial charge in [-0.3, -0.25) is 9.78 Å². The van der Waals surface area contributed by atoms with Crippen LogP contribution in [0.2, 0.25) is 0 Å². The number of hydrogen-bond acceptors (Lipinski definition) is 6. The Morgan fingerprint density at radius 3 is 2.81 bits per heavy atom. The largest absolute Gasteiger partial charge is 0.391 e. The van der Waals surface area contributed by atoms with Gasteiger partial charge in [0.2, 0.25) is 0 Å². The Balaban J connectivity index is 2.56. The summed E-state index contributed by atoms with van der Waals surface area (Å²) >= 11 is 11.6. The molecule has 114 valence electrons. The van der Waals surface area contributed by atoms with E-state index in [-0.39, 0.29) is 0 Å². The highest BCUT2D eigenvalue weighted by Gasteiger charge is 2.57. The van der Waals surface area contributed by atoms with Gasteiger partial charge in [0.15, 0.2) is 11.1 Å². The van der Waals surface area contributed by atoms with Crippen molar-refractivity contribution in [2.24, 2.45) is 0 Å². The predicted molar refractivity (Wildman–Crippen MR) is 72.9 cm³/mol. The second kappa shape index (κ2) is 5.79. The van der Waals surface area contributed by atoms with Crippen molar-refractivity contribution in [3.63, 3.8) is 0 Å². The number of ether oxygens (including phenoxy) is 1. The fourth-order valence-corrected chi connectivity index (χ4v) is 2.58. The number of aromatic amines is 1. The molecular weight excluding hydrogens is 325 g/mol. The Kier molecular flexibility index (Phi) is 4.41. The van der Waals surface area contributed by atoms with Gasteiger partial charge < -0.3 is 14.9 Å². The van der Waals surface area contributed by atoms with Gasteiger partial charge in [-0.05, 0) is 18.5 Å². The molecule has 1 unspecified atom stereocenters. The fourth-order valence-electron chi connectivity index (χ4n) is 2.06. The lowest BCUT2D eigenvalue weighted by Gasteiger charge is -2.24. The Morgan fingerprint density at radius 1 is 1.62 bits per heavy atom. The van der Waals surface area contributed by atoms with Gasteiger partial charge in [-0.25, -0.2) is 4.79 Å². The van der Waals surface area contributed by atoms with Crippen LogP contribution in [0.5, 0.6) is 0 Å². The Hall–Kier alpha value is -1.37. The summed E-state index contributed by atoms with van der Waals surface area (Å²) in [7, 11) is 0. The molecule has 1 aromatic rings. The standard InChI is InChI=1S/C11H11Cl2N3O5/c1-5(17)7-8(19)11(13,2-3-12)9(21-7)16-10(20)15-6(18)4-14-16/h4-5,7-9,17,19H,1H3,(H,15,18,20)/t5-,7-,8?,9-,11-/m1/s1. The van der Waals surface area contributed by atoms with Crippen molar-refractivity contribution in [1.29, 1.82) is 0 Å². The van der Waals surface area contributed by atoms with Gasteiger partial charge in [-0.1, -0.05) is 17.5 Å². The second-order valence-corrected chi connectivity index (χ2v) is 5.32. The van der Waals surface area contributed by atoms with Crippen molar-refractivity contribution in [3.05, 3.63) is 27.0 Å². The number of aliphatic hydroxyl groups excluding tert-OH is 2. The van der Waals surface area contributed by atoms with Crippen molar-refractivity contribution < 1.29 is 14.9 Å². The van der Waals surface area contributed by atoms with Crippen LogP contribution in [-0.4, -0.2) is 48.2 Å². The van der Waals surface area contributed by atoms with Crippen LogP contribution < -0.4 is 11.2 Å². The van der Waals surface area contributed by atoms with E-state index in [1.54, 1.807) is 0 Å². The number of nitrogens with zero attached hydrogens (tertiary/aromatic N) is 2. The Labute approximate surface area is 128 Å². The van der Waals surface area contributed by atoms with Crippen LogP contribution in [0.15, 0.2) is 15.8 Å². The van der Waals surface area contributed by atoms with Gasteiger partial charge in [0.1, 0.15) is 18.4 Å². The first-order valence-electron chi connectivity index (χ1n) is 5.82. The lowest BCUT2D eigenvalue weighted by Crippen LogP contribution is -2.46. The highest BCUT2D eigenvalue weighted by molar-refractivity contribution is 6.32. The zero-order chi connectivity index (χ0) is 15.8. The molecule has 5 atom stereocenters. The lowest BCUT2D eigenvalue weighted by molar-refractivity contribution is -0.0810. The highest BCUT2D eigenvalue weighted by Crippen LogP contribution is 2.43. The van der Waals surface area contributed by atoms with Crippen LogP contribution >= 0.6 is 23.2 Å². The zero-order valence-corrected chi connectivity index (χ0v) is 12.2. The van der Waals surface area contributed by atoms with E-state index in [1.807, 2.05) is 10.4 Å². The third-order valence-electron chi connectivity index (χ3n) is 3.06. The summed E-state index contributed by atoms with van der Waals surface area (Å²) in [5, 5.41) is 25.4. The average molecular weight is 336 g/mol. The minimum absolute atomic E-state index is 0.703. The van der Waals surface area contributed by atoms with Gasteiger partial charge >= 0.3 is 5.69 Å². The maximum atomic E-state index is 11.8. The summed E-state index contributed by atoms with van der Waals surface area (Å²) < 4.78 is 6.12. The maximum absolute atomic E-state index is 11.8. The summed E-state index contributed by atoms with van der Waals surface area (Å²) in [6, 6.07) is 0. The number of halogens is 2. The van der Waals surface area contributed by atoms with Crippen molar-refractivity contribution in [2.75, 3.05) is 0 Å². The topological polar surface area (TPSA) is 117 Å². The molecular formula is C11H11Cl2N3O5. The quantitative estimate of drug-likeness (QED) is 0.459. The van der Waals surface area contributed by atoms with Crippen LogP contribution in [-0.2, 0) is 4.74 Å². The fraction of sp³-hybridized carbons (Fsp3) is 0.545. The third kappa shape index (κ3) is 2.71. The van der Waals surface area contributed by atoms with Gasteiger partial charge in [0.05, 0.1) is 6.10 Å². The predicted octanol–water partition coefficient (Wildman–Crippen LogP) is -1.25. The normalized spacial score (nSPS) is 33.3. The molecule has 0 spiro atoms. The molecule has 1 aromatic heterocycles. The number of nitrogens with one attached hydrogen (secondary N) is 1. The van der Waals surface area contributed by atoms with E-state index in [0.717, 1.165) is 10.9 Å². The first kappa shape index (κ1) is 16.0. The molecule has 0 aliphatic carbocycles. The van der Waals surface area contributed by atoms with Crippen molar-refractivity contribution in [2.45, 2.75) is 36.3 Å². The molecule has 1 saturated heterocycles. The summed E-state index contributed by atoms with van der Waals surface area (Å²) in [4.78, 5) is 23.0. The van der Waals surface area contributed by atoms with Crippen molar-refractivity contribution in [1.82, 2.24) is 14.8 Å². The molecule has 10 heteroatoms. The van der Waals surface area contributed by atoms with E-state index in [4.69, 9.17) is 27.9 Å². The van der Waals surface area contributed by atoms with E-state index in [2.05, 4.69) is 11.0 Å². The molecule has 0 amide bonds. The maximum Gasteiger partial charge on any atom is 0.347 e. The van der Waals surface area contributed by atoms with Gasteiger partial charge in [-0.15, -0.1) is 0 Å². The second-order valence-electron chi connectivity index (χ2n) is 4.51. The molecule has 0 saturated carbocycles.